The molecule has 0 saturated carbocycles. The van der Waals surface area contributed by atoms with Crippen LogP contribution < -0.4 is 14.8 Å². The topological polar surface area (TPSA) is 33.7 Å². The summed E-state index contributed by atoms with van der Waals surface area (Å²) in [6, 6.07) is 17.0. The Morgan fingerprint density at radius 1 is 0.875 bits per heavy atom. The molecule has 3 rings (SSSR count). The maximum Gasteiger partial charge on any atom is 0.119 e. The minimum Gasteiger partial charge on any atom is -0.497 e. The molecule has 2 aromatic rings. The average Bonchev–Trinajstić information content (AvgIpc) is 2.84. The highest BCUT2D eigenvalue weighted by Gasteiger charge is 2.10. The Bertz CT molecular complexity index is 748. The first-order valence-corrected chi connectivity index (χ1v) is 13.3. The number of benzene rings is 2. The highest BCUT2D eigenvalue weighted by molar-refractivity contribution is 7.98. The van der Waals surface area contributed by atoms with Crippen molar-refractivity contribution in [2.75, 3.05) is 45.6 Å². The van der Waals surface area contributed by atoms with Crippen LogP contribution in [0, 0.1) is 0 Å². The molecule has 0 aromatic heterocycles. The summed E-state index contributed by atoms with van der Waals surface area (Å²) in [5.74, 6) is 4.23. The van der Waals surface area contributed by atoms with E-state index in [0.29, 0.717) is 0 Å². The van der Waals surface area contributed by atoms with Gasteiger partial charge in [0.1, 0.15) is 11.5 Å². The van der Waals surface area contributed by atoms with E-state index < -0.39 is 0 Å². The van der Waals surface area contributed by atoms with Gasteiger partial charge in [0.05, 0.1) is 13.7 Å². The molecular weight excluding hydrogens is 416 g/mol. The molecular formula is C27H40N2O2S. The number of nitrogens with zero attached hydrogens (tertiary/aromatic N) is 1. The fourth-order valence-corrected chi connectivity index (χ4v) is 4.97. The van der Waals surface area contributed by atoms with Crippen LogP contribution in [0.3, 0.4) is 0 Å². The number of rotatable bonds is 15. The van der Waals surface area contributed by atoms with E-state index in [1.54, 1.807) is 7.11 Å². The normalized spacial score (nSPS) is 14.4. The quantitative estimate of drug-likeness (QED) is 0.345. The summed E-state index contributed by atoms with van der Waals surface area (Å²) in [5.41, 5.74) is 2.73. The lowest BCUT2D eigenvalue weighted by atomic mass is 10.1. The summed E-state index contributed by atoms with van der Waals surface area (Å²) in [4.78, 5) is 2.56. The second kappa shape index (κ2) is 15.2. The van der Waals surface area contributed by atoms with Crippen LogP contribution in [0.1, 0.15) is 49.7 Å². The number of ether oxygens (including phenoxy) is 2. The van der Waals surface area contributed by atoms with Gasteiger partial charge >= 0.3 is 0 Å². The average molecular weight is 457 g/mol. The standard InChI is InChI=1S/C27H40N2O2S/c1-30-26-13-11-24(12-14-26)23-32-20-6-3-15-28-16-8-19-31-27-10-7-9-25(21-27)22-29-17-4-2-5-18-29/h7,9-14,21,28H,2-6,8,15-20,22-23H2,1H3. The van der Waals surface area contributed by atoms with Gasteiger partial charge in [0.25, 0.3) is 0 Å². The number of thioether (sulfide) groups is 1. The molecule has 0 radical (unpaired) electrons. The summed E-state index contributed by atoms with van der Waals surface area (Å²) < 4.78 is 11.2. The van der Waals surface area contributed by atoms with Crippen LogP contribution in [0.15, 0.2) is 48.5 Å². The van der Waals surface area contributed by atoms with Crippen molar-refractivity contribution in [2.45, 2.75) is 50.8 Å². The first-order valence-electron chi connectivity index (χ1n) is 12.2. The van der Waals surface area contributed by atoms with Crippen LogP contribution in [0.25, 0.3) is 0 Å². The van der Waals surface area contributed by atoms with Crippen LogP contribution in [-0.4, -0.2) is 50.5 Å². The van der Waals surface area contributed by atoms with Gasteiger partial charge in [-0.3, -0.25) is 4.90 Å². The molecule has 0 unspecified atom stereocenters. The Kier molecular flexibility index (Phi) is 11.8. The Morgan fingerprint density at radius 3 is 2.50 bits per heavy atom. The highest BCUT2D eigenvalue weighted by atomic mass is 32.2. The predicted molar refractivity (Wildman–Crippen MR) is 137 cm³/mol. The third-order valence-electron chi connectivity index (χ3n) is 5.84. The zero-order valence-corrected chi connectivity index (χ0v) is 20.5. The van der Waals surface area contributed by atoms with Gasteiger partial charge in [0, 0.05) is 12.3 Å². The van der Waals surface area contributed by atoms with Gasteiger partial charge in [0.15, 0.2) is 0 Å². The second-order valence-corrected chi connectivity index (χ2v) is 9.65. The number of piperidine rings is 1. The molecule has 0 atom stereocenters. The smallest absolute Gasteiger partial charge is 0.119 e. The minimum atomic E-state index is 0.776. The molecule has 0 spiro atoms. The molecule has 1 aliphatic heterocycles. The van der Waals surface area contributed by atoms with Crippen molar-refractivity contribution in [2.24, 2.45) is 0 Å². The summed E-state index contributed by atoms with van der Waals surface area (Å²) in [7, 11) is 1.71. The monoisotopic (exact) mass is 456 g/mol. The van der Waals surface area contributed by atoms with E-state index in [4.69, 9.17) is 9.47 Å². The number of likely N-dealkylation sites (tertiary alicyclic amines) is 1. The lowest BCUT2D eigenvalue weighted by molar-refractivity contribution is 0.220. The fourth-order valence-electron chi connectivity index (χ4n) is 3.99. The molecule has 2 aromatic carbocycles. The third kappa shape index (κ3) is 9.85. The predicted octanol–water partition coefficient (Wildman–Crippen LogP) is 5.75. The molecule has 1 saturated heterocycles. The van der Waals surface area contributed by atoms with Crippen molar-refractivity contribution in [1.82, 2.24) is 10.2 Å². The number of hydrogen-bond acceptors (Lipinski definition) is 5. The van der Waals surface area contributed by atoms with E-state index in [1.165, 1.54) is 62.1 Å². The molecule has 5 heteroatoms. The number of unbranched alkanes of at least 4 members (excludes halogenated alkanes) is 1. The molecule has 32 heavy (non-hydrogen) atoms. The first-order chi connectivity index (χ1) is 15.8. The van der Waals surface area contributed by atoms with Gasteiger partial charge in [-0.05, 0) is 99.4 Å². The Labute approximate surface area is 199 Å². The van der Waals surface area contributed by atoms with Crippen LogP contribution in [0.2, 0.25) is 0 Å². The van der Waals surface area contributed by atoms with Crippen molar-refractivity contribution >= 4 is 11.8 Å². The van der Waals surface area contributed by atoms with E-state index in [1.807, 2.05) is 23.9 Å². The van der Waals surface area contributed by atoms with Crippen LogP contribution in [0.4, 0.5) is 0 Å². The molecule has 1 fully saturated rings. The van der Waals surface area contributed by atoms with E-state index in [2.05, 4.69) is 46.6 Å². The van der Waals surface area contributed by atoms with Crippen LogP contribution >= 0.6 is 11.8 Å². The van der Waals surface area contributed by atoms with Gasteiger partial charge in [-0.15, -0.1) is 0 Å². The first kappa shape index (κ1) is 24.9. The Hall–Kier alpha value is -1.69. The van der Waals surface area contributed by atoms with Crippen molar-refractivity contribution < 1.29 is 9.47 Å². The van der Waals surface area contributed by atoms with Crippen molar-refractivity contribution in [1.29, 1.82) is 0 Å². The Morgan fingerprint density at radius 2 is 1.69 bits per heavy atom. The lowest BCUT2D eigenvalue weighted by Crippen LogP contribution is -2.29. The lowest BCUT2D eigenvalue weighted by Gasteiger charge is -2.26. The van der Waals surface area contributed by atoms with Crippen molar-refractivity contribution in [3.05, 3.63) is 59.7 Å². The fraction of sp³-hybridized carbons (Fsp3) is 0.556. The third-order valence-corrected chi connectivity index (χ3v) is 6.95. The molecule has 1 heterocycles. The summed E-state index contributed by atoms with van der Waals surface area (Å²) in [6.45, 7) is 6.41. The van der Waals surface area contributed by atoms with E-state index in [9.17, 15) is 0 Å². The van der Waals surface area contributed by atoms with Crippen LogP contribution in [0.5, 0.6) is 11.5 Å². The molecule has 0 amide bonds. The van der Waals surface area contributed by atoms with E-state index in [0.717, 1.165) is 49.9 Å². The number of hydrogen-bond donors (Lipinski definition) is 1. The second-order valence-electron chi connectivity index (χ2n) is 8.54. The van der Waals surface area contributed by atoms with Gasteiger partial charge in [-0.1, -0.05) is 30.7 Å². The van der Waals surface area contributed by atoms with Crippen molar-refractivity contribution in [3.8, 4) is 11.5 Å². The largest absolute Gasteiger partial charge is 0.497 e. The van der Waals surface area contributed by atoms with Gasteiger partial charge < -0.3 is 14.8 Å². The highest BCUT2D eigenvalue weighted by Crippen LogP contribution is 2.18. The summed E-state index contributed by atoms with van der Waals surface area (Å²) in [6.07, 6.45) is 7.60. The number of nitrogens with one attached hydrogen (secondary N) is 1. The molecule has 1 aliphatic rings. The maximum absolute atomic E-state index is 5.98. The molecule has 176 valence electrons. The van der Waals surface area contributed by atoms with E-state index in [-0.39, 0.29) is 0 Å². The minimum absolute atomic E-state index is 0.776. The molecule has 0 aliphatic carbocycles. The van der Waals surface area contributed by atoms with Gasteiger partial charge in [0.2, 0.25) is 0 Å². The van der Waals surface area contributed by atoms with Crippen molar-refractivity contribution in [3.63, 3.8) is 0 Å². The van der Waals surface area contributed by atoms with Gasteiger partial charge in [-0.2, -0.15) is 11.8 Å². The van der Waals surface area contributed by atoms with E-state index >= 15 is 0 Å². The maximum atomic E-state index is 5.98. The molecule has 1 N–H and O–H groups in total. The number of methoxy groups -OCH3 is 1. The zero-order valence-electron chi connectivity index (χ0n) is 19.7. The summed E-state index contributed by atoms with van der Waals surface area (Å²) in [5, 5.41) is 3.55. The SMILES string of the molecule is COc1ccc(CSCCCCNCCCOc2cccc(CN3CCCCC3)c2)cc1. The van der Waals surface area contributed by atoms with Gasteiger partial charge in [-0.25, -0.2) is 0 Å². The Balaban J connectivity index is 1.15. The van der Waals surface area contributed by atoms with Crippen LogP contribution in [-0.2, 0) is 12.3 Å². The molecule has 0 bridgehead atoms. The molecule has 4 nitrogen and oxygen atoms in total. The summed E-state index contributed by atoms with van der Waals surface area (Å²) >= 11 is 2.01. The zero-order chi connectivity index (χ0) is 22.3.